The van der Waals surface area contributed by atoms with Crippen LogP contribution >= 0.6 is 0 Å². The molecule has 86 valence electrons. The Labute approximate surface area is 97.1 Å². The molecule has 0 heterocycles. The summed E-state index contributed by atoms with van der Waals surface area (Å²) in [4.78, 5) is 11.4. The van der Waals surface area contributed by atoms with Crippen molar-refractivity contribution in [3.8, 4) is 0 Å². The zero-order chi connectivity index (χ0) is 11.7. The van der Waals surface area contributed by atoms with E-state index in [1.165, 1.54) is 12.0 Å². The molecule has 0 bridgehead atoms. The van der Waals surface area contributed by atoms with Crippen LogP contribution in [0.15, 0.2) is 24.3 Å². The number of rotatable bonds is 3. The van der Waals surface area contributed by atoms with Crippen molar-refractivity contribution in [2.75, 3.05) is 7.05 Å². The monoisotopic (exact) mass is 217 g/mol. The first-order valence-corrected chi connectivity index (χ1v) is 5.95. The van der Waals surface area contributed by atoms with Gasteiger partial charge in [-0.15, -0.1) is 0 Å². The van der Waals surface area contributed by atoms with E-state index in [0.717, 1.165) is 23.3 Å². The Morgan fingerprint density at radius 2 is 1.94 bits per heavy atom. The van der Waals surface area contributed by atoms with E-state index >= 15 is 0 Å². The summed E-state index contributed by atoms with van der Waals surface area (Å²) in [6.45, 7) is 4.56. The fourth-order valence-electron chi connectivity index (χ4n) is 2.36. The summed E-state index contributed by atoms with van der Waals surface area (Å²) in [7, 11) is 1.66. The van der Waals surface area contributed by atoms with Crippen LogP contribution in [0.2, 0.25) is 0 Å². The number of hydrogen-bond donors (Lipinski definition) is 1. The molecular weight excluding hydrogens is 198 g/mol. The number of amides is 1. The van der Waals surface area contributed by atoms with Gasteiger partial charge < -0.3 is 5.32 Å². The fraction of sp³-hybridized carbons (Fsp3) is 0.500. The summed E-state index contributed by atoms with van der Waals surface area (Å²) in [5.74, 6) is 2.32. The minimum Gasteiger partial charge on any atom is -0.355 e. The summed E-state index contributed by atoms with van der Waals surface area (Å²) in [5.41, 5.74) is 2.12. The third-order valence-corrected chi connectivity index (χ3v) is 3.52. The first kappa shape index (κ1) is 11.2. The Balaban J connectivity index is 2.07. The topological polar surface area (TPSA) is 29.1 Å². The van der Waals surface area contributed by atoms with E-state index in [9.17, 15) is 4.79 Å². The van der Waals surface area contributed by atoms with E-state index in [-0.39, 0.29) is 5.91 Å². The number of carbonyl (C=O) groups is 1. The smallest absolute Gasteiger partial charge is 0.251 e. The quantitative estimate of drug-likeness (QED) is 0.828. The Hall–Kier alpha value is -1.31. The van der Waals surface area contributed by atoms with Crippen molar-refractivity contribution in [1.29, 1.82) is 0 Å². The normalized spacial score (nSPS) is 23.2. The summed E-state index contributed by atoms with van der Waals surface area (Å²) >= 11 is 0. The third kappa shape index (κ3) is 2.11. The van der Waals surface area contributed by atoms with Crippen molar-refractivity contribution in [2.45, 2.75) is 26.2 Å². The van der Waals surface area contributed by atoms with Gasteiger partial charge in [-0.3, -0.25) is 4.79 Å². The van der Waals surface area contributed by atoms with Gasteiger partial charge in [0.25, 0.3) is 5.91 Å². The summed E-state index contributed by atoms with van der Waals surface area (Å²) < 4.78 is 0. The third-order valence-electron chi connectivity index (χ3n) is 3.52. The second kappa shape index (κ2) is 4.28. The first-order valence-electron chi connectivity index (χ1n) is 5.95. The molecule has 1 aromatic carbocycles. The lowest BCUT2D eigenvalue weighted by Gasteiger charge is -2.05. The van der Waals surface area contributed by atoms with Gasteiger partial charge in [-0.25, -0.2) is 0 Å². The lowest BCUT2D eigenvalue weighted by molar-refractivity contribution is 0.0963. The molecule has 2 nitrogen and oxygen atoms in total. The van der Waals surface area contributed by atoms with E-state index in [0.29, 0.717) is 0 Å². The van der Waals surface area contributed by atoms with Crippen LogP contribution in [0.3, 0.4) is 0 Å². The molecular formula is C14H19NO. The van der Waals surface area contributed by atoms with Gasteiger partial charge in [-0.05, 0) is 41.9 Å². The highest BCUT2D eigenvalue weighted by molar-refractivity contribution is 5.93. The molecule has 1 aliphatic rings. The minimum absolute atomic E-state index is 0.0113. The molecule has 0 spiro atoms. The molecule has 2 rings (SSSR count). The molecule has 1 fully saturated rings. The average molecular weight is 217 g/mol. The molecule has 0 radical (unpaired) electrons. The summed E-state index contributed by atoms with van der Waals surface area (Å²) in [5, 5.41) is 2.63. The van der Waals surface area contributed by atoms with Gasteiger partial charge in [0.1, 0.15) is 0 Å². The fourth-order valence-corrected chi connectivity index (χ4v) is 2.36. The van der Waals surface area contributed by atoms with Gasteiger partial charge in [-0.1, -0.05) is 26.0 Å². The predicted octanol–water partition coefficient (Wildman–Crippen LogP) is 2.81. The largest absolute Gasteiger partial charge is 0.355 e. The van der Waals surface area contributed by atoms with Crippen LogP contribution in [0.4, 0.5) is 0 Å². The number of hydrogen-bond acceptors (Lipinski definition) is 1. The van der Waals surface area contributed by atoms with Crippen LogP contribution in [0, 0.1) is 11.8 Å². The highest BCUT2D eigenvalue weighted by Crippen LogP contribution is 2.51. The van der Waals surface area contributed by atoms with Crippen LogP contribution in [-0.4, -0.2) is 13.0 Å². The Morgan fingerprint density at radius 1 is 1.31 bits per heavy atom. The lowest BCUT2D eigenvalue weighted by Crippen LogP contribution is -2.17. The van der Waals surface area contributed by atoms with Crippen LogP contribution in [0.1, 0.15) is 42.1 Å². The van der Waals surface area contributed by atoms with Crippen molar-refractivity contribution < 1.29 is 4.79 Å². The average Bonchev–Trinajstić information content (AvgIpc) is 3.08. The number of benzene rings is 1. The van der Waals surface area contributed by atoms with Crippen molar-refractivity contribution in [3.63, 3.8) is 0 Å². The van der Waals surface area contributed by atoms with E-state index in [2.05, 4.69) is 31.3 Å². The van der Waals surface area contributed by atoms with Crippen LogP contribution in [0.5, 0.6) is 0 Å². The standard InChI is InChI=1S/C14H19NO/c1-9(2)12-8-13(12)10-4-6-11(7-5-10)14(16)15-3/h4-7,9,12-13H,8H2,1-3H3,(H,15,16)/t12-,13-/m1/s1. The first-order chi connectivity index (χ1) is 7.63. The molecule has 2 atom stereocenters. The van der Waals surface area contributed by atoms with E-state index in [1.54, 1.807) is 7.05 Å². The zero-order valence-electron chi connectivity index (χ0n) is 10.2. The molecule has 1 N–H and O–H groups in total. The molecule has 0 aliphatic heterocycles. The zero-order valence-corrected chi connectivity index (χ0v) is 10.2. The summed E-state index contributed by atoms with van der Waals surface area (Å²) in [6, 6.07) is 8.03. The Morgan fingerprint density at radius 3 is 2.38 bits per heavy atom. The van der Waals surface area contributed by atoms with Gasteiger partial charge in [0.15, 0.2) is 0 Å². The second-order valence-electron chi connectivity index (χ2n) is 4.95. The van der Waals surface area contributed by atoms with Gasteiger partial charge in [0, 0.05) is 12.6 Å². The molecule has 2 heteroatoms. The number of carbonyl (C=O) groups excluding carboxylic acids is 1. The van der Waals surface area contributed by atoms with Gasteiger partial charge in [0.2, 0.25) is 0 Å². The van der Waals surface area contributed by atoms with E-state index in [1.807, 2.05) is 12.1 Å². The van der Waals surface area contributed by atoms with Crippen molar-refractivity contribution in [2.24, 2.45) is 11.8 Å². The SMILES string of the molecule is CNC(=O)c1ccc([C@H]2C[C@@H]2C(C)C)cc1. The molecule has 1 aliphatic carbocycles. The molecule has 0 unspecified atom stereocenters. The molecule has 1 amide bonds. The highest BCUT2D eigenvalue weighted by atomic mass is 16.1. The Bertz CT molecular complexity index is 380. The number of nitrogens with one attached hydrogen (secondary N) is 1. The molecule has 0 aromatic heterocycles. The van der Waals surface area contributed by atoms with Crippen molar-refractivity contribution in [1.82, 2.24) is 5.32 Å². The maximum atomic E-state index is 11.4. The maximum Gasteiger partial charge on any atom is 0.251 e. The van der Waals surface area contributed by atoms with Crippen molar-refractivity contribution >= 4 is 5.91 Å². The molecule has 16 heavy (non-hydrogen) atoms. The molecule has 0 saturated heterocycles. The second-order valence-corrected chi connectivity index (χ2v) is 4.95. The summed E-state index contributed by atoms with van der Waals surface area (Å²) in [6.07, 6.45) is 1.30. The lowest BCUT2D eigenvalue weighted by atomic mass is 10.0. The van der Waals surface area contributed by atoms with Crippen LogP contribution < -0.4 is 5.32 Å². The predicted molar refractivity (Wildman–Crippen MR) is 65.5 cm³/mol. The van der Waals surface area contributed by atoms with Gasteiger partial charge >= 0.3 is 0 Å². The molecule has 1 saturated carbocycles. The van der Waals surface area contributed by atoms with E-state index in [4.69, 9.17) is 0 Å². The van der Waals surface area contributed by atoms with Gasteiger partial charge in [0.05, 0.1) is 0 Å². The van der Waals surface area contributed by atoms with Crippen LogP contribution in [0.25, 0.3) is 0 Å². The highest BCUT2D eigenvalue weighted by Gasteiger charge is 2.39. The van der Waals surface area contributed by atoms with E-state index < -0.39 is 0 Å². The maximum absolute atomic E-state index is 11.4. The van der Waals surface area contributed by atoms with Crippen molar-refractivity contribution in [3.05, 3.63) is 35.4 Å². The minimum atomic E-state index is -0.0113. The van der Waals surface area contributed by atoms with Crippen LogP contribution in [-0.2, 0) is 0 Å². The van der Waals surface area contributed by atoms with Gasteiger partial charge in [-0.2, -0.15) is 0 Å². The molecule has 1 aromatic rings. The Kier molecular flexibility index (Phi) is 2.99.